The number of fused-ring (bicyclic) bond motifs is 2. The summed E-state index contributed by atoms with van der Waals surface area (Å²) in [6, 6.07) is 23.2. The van der Waals surface area contributed by atoms with E-state index in [1.54, 1.807) is 12.6 Å². The molecule has 2 heterocycles. The minimum Gasteiger partial charge on any atom is -0.460 e. The van der Waals surface area contributed by atoms with Gasteiger partial charge >= 0.3 is 0 Å². The van der Waals surface area contributed by atoms with Gasteiger partial charge in [-0.3, -0.25) is 0 Å². The topological polar surface area (TPSA) is 38.9 Å². The Balaban J connectivity index is 1.77. The van der Waals surface area contributed by atoms with Gasteiger partial charge in [0.2, 0.25) is 0 Å². The van der Waals surface area contributed by atoms with Crippen LogP contribution in [-0.2, 0) is 5.41 Å². The zero-order valence-corrected chi connectivity index (χ0v) is 16.8. The van der Waals surface area contributed by atoms with Crippen molar-refractivity contribution >= 4 is 21.9 Å². The van der Waals surface area contributed by atoms with Crippen molar-refractivity contribution in [2.24, 2.45) is 0 Å². The SMILES string of the molecule is CC(C)(C)c1cc(-c2ncnc3c(-c4ccccc4)coc23)cc2ccccc12. The molecule has 0 atom stereocenters. The highest BCUT2D eigenvalue weighted by atomic mass is 16.3. The molecule has 0 unspecified atom stereocenters. The fraction of sp³-hybridized carbons (Fsp3) is 0.154. The second-order valence-corrected chi connectivity index (χ2v) is 8.41. The largest absolute Gasteiger partial charge is 0.460 e. The minimum atomic E-state index is 0.0140. The van der Waals surface area contributed by atoms with Gasteiger partial charge in [-0.05, 0) is 39.4 Å². The Morgan fingerprint density at radius 1 is 0.793 bits per heavy atom. The standard InChI is InChI=1S/C26H22N2O/c1-26(2,3)22-14-19(13-18-11-7-8-12-20(18)22)23-25-24(28-16-27-23)21(15-29-25)17-9-5-4-6-10-17/h4-16H,1-3H3. The van der Waals surface area contributed by atoms with Crippen LogP contribution in [0.2, 0.25) is 0 Å². The summed E-state index contributed by atoms with van der Waals surface area (Å²) in [7, 11) is 0. The van der Waals surface area contributed by atoms with Gasteiger partial charge in [0.05, 0.1) is 0 Å². The molecule has 0 aliphatic heterocycles. The van der Waals surface area contributed by atoms with Gasteiger partial charge in [0.25, 0.3) is 0 Å². The van der Waals surface area contributed by atoms with Crippen LogP contribution in [0.5, 0.6) is 0 Å². The summed E-state index contributed by atoms with van der Waals surface area (Å²) in [6.45, 7) is 6.73. The first-order valence-electron chi connectivity index (χ1n) is 9.83. The average Bonchev–Trinajstić information content (AvgIpc) is 3.17. The number of hydrogen-bond donors (Lipinski definition) is 0. The van der Waals surface area contributed by atoms with Crippen LogP contribution in [0.4, 0.5) is 0 Å². The highest BCUT2D eigenvalue weighted by Gasteiger charge is 2.21. The van der Waals surface area contributed by atoms with Crippen molar-refractivity contribution in [3.05, 3.63) is 84.9 Å². The molecule has 0 bridgehead atoms. The summed E-state index contributed by atoms with van der Waals surface area (Å²) in [5.74, 6) is 0. The maximum Gasteiger partial charge on any atom is 0.179 e. The predicted octanol–water partition coefficient (Wildman–Crippen LogP) is 7.01. The smallest absolute Gasteiger partial charge is 0.179 e. The molecule has 5 aromatic rings. The highest BCUT2D eigenvalue weighted by Crippen LogP contribution is 2.38. The van der Waals surface area contributed by atoms with Crippen LogP contribution >= 0.6 is 0 Å². The molecule has 0 fully saturated rings. The van der Waals surface area contributed by atoms with Crippen LogP contribution in [-0.4, -0.2) is 9.97 Å². The van der Waals surface area contributed by atoms with Gasteiger partial charge in [0, 0.05) is 11.1 Å². The van der Waals surface area contributed by atoms with E-state index in [-0.39, 0.29) is 5.41 Å². The van der Waals surface area contributed by atoms with E-state index in [9.17, 15) is 0 Å². The molecular weight excluding hydrogens is 356 g/mol. The quantitative estimate of drug-likeness (QED) is 0.332. The number of aromatic nitrogens is 2. The molecule has 0 aliphatic carbocycles. The van der Waals surface area contributed by atoms with Crippen molar-refractivity contribution in [2.45, 2.75) is 26.2 Å². The van der Waals surface area contributed by atoms with Crippen molar-refractivity contribution in [3.8, 4) is 22.4 Å². The zero-order valence-electron chi connectivity index (χ0n) is 16.8. The molecule has 5 rings (SSSR count). The van der Waals surface area contributed by atoms with Gasteiger partial charge < -0.3 is 4.42 Å². The van der Waals surface area contributed by atoms with Gasteiger partial charge in [-0.2, -0.15) is 0 Å². The van der Waals surface area contributed by atoms with Crippen LogP contribution in [0, 0.1) is 0 Å². The zero-order chi connectivity index (χ0) is 20.0. The minimum absolute atomic E-state index is 0.0140. The van der Waals surface area contributed by atoms with Crippen molar-refractivity contribution in [1.29, 1.82) is 0 Å². The second-order valence-electron chi connectivity index (χ2n) is 8.41. The molecule has 0 saturated carbocycles. The van der Waals surface area contributed by atoms with Gasteiger partial charge in [-0.1, -0.05) is 75.4 Å². The first-order chi connectivity index (χ1) is 14.0. The maximum absolute atomic E-state index is 6.00. The Morgan fingerprint density at radius 2 is 1.55 bits per heavy atom. The Morgan fingerprint density at radius 3 is 2.34 bits per heavy atom. The second kappa shape index (κ2) is 6.56. The summed E-state index contributed by atoms with van der Waals surface area (Å²) in [6.07, 6.45) is 3.41. The summed E-state index contributed by atoms with van der Waals surface area (Å²) < 4.78 is 6.00. The Bertz CT molecular complexity index is 1330. The fourth-order valence-corrected chi connectivity index (χ4v) is 3.95. The number of benzene rings is 3. The van der Waals surface area contributed by atoms with Gasteiger partial charge in [0.15, 0.2) is 5.58 Å². The normalized spacial score (nSPS) is 12.0. The lowest BCUT2D eigenvalue weighted by atomic mass is 9.82. The van der Waals surface area contributed by atoms with E-state index in [4.69, 9.17) is 4.42 Å². The number of rotatable bonds is 2. The van der Waals surface area contributed by atoms with Crippen LogP contribution in [0.25, 0.3) is 44.3 Å². The van der Waals surface area contributed by atoms with Gasteiger partial charge in [0.1, 0.15) is 23.8 Å². The van der Waals surface area contributed by atoms with E-state index in [1.807, 2.05) is 18.2 Å². The molecule has 0 aliphatic rings. The Hall–Kier alpha value is -3.46. The molecule has 0 saturated heterocycles. The van der Waals surface area contributed by atoms with E-state index in [0.29, 0.717) is 0 Å². The number of nitrogens with zero attached hydrogens (tertiary/aromatic N) is 2. The first kappa shape index (κ1) is 17.6. The third kappa shape index (κ3) is 2.99. The van der Waals surface area contributed by atoms with E-state index < -0.39 is 0 Å². The predicted molar refractivity (Wildman–Crippen MR) is 119 cm³/mol. The third-order valence-electron chi connectivity index (χ3n) is 5.38. The van der Waals surface area contributed by atoms with Crippen molar-refractivity contribution in [2.75, 3.05) is 0 Å². The summed E-state index contributed by atoms with van der Waals surface area (Å²) in [4.78, 5) is 9.14. The lowest BCUT2D eigenvalue weighted by Gasteiger charge is -2.22. The van der Waals surface area contributed by atoms with E-state index in [2.05, 4.69) is 79.3 Å². The summed E-state index contributed by atoms with van der Waals surface area (Å²) >= 11 is 0. The fourth-order valence-electron chi connectivity index (χ4n) is 3.95. The highest BCUT2D eigenvalue weighted by molar-refractivity contribution is 5.99. The van der Waals surface area contributed by atoms with Gasteiger partial charge in [-0.25, -0.2) is 9.97 Å². The lowest BCUT2D eigenvalue weighted by molar-refractivity contribution is 0.596. The molecule has 29 heavy (non-hydrogen) atoms. The molecular formula is C26H22N2O. The first-order valence-corrected chi connectivity index (χ1v) is 9.83. The molecule has 3 nitrogen and oxygen atoms in total. The van der Waals surface area contributed by atoms with Crippen LogP contribution in [0.3, 0.4) is 0 Å². The number of furan rings is 1. The van der Waals surface area contributed by atoms with Crippen LogP contribution in [0.1, 0.15) is 26.3 Å². The van der Waals surface area contributed by atoms with Crippen LogP contribution < -0.4 is 0 Å². The lowest BCUT2D eigenvalue weighted by Crippen LogP contribution is -2.12. The number of hydrogen-bond acceptors (Lipinski definition) is 3. The average molecular weight is 378 g/mol. The molecule has 3 heteroatoms. The van der Waals surface area contributed by atoms with E-state index >= 15 is 0 Å². The van der Waals surface area contributed by atoms with Crippen molar-refractivity contribution in [1.82, 2.24) is 9.97 Å². The Labute approximate surface area is 170 Å². The monoisotopic (exact) mass is 378 g/mol. The summed E-state index contributed by atoms with van der Waals surface area (Å²) in [5, 5.41) is 2.48. The summed E-state index contributed by atoms with van der Waals surface area (Å²) in [5.41, 5.74) is 6.83. The maximum atomic E-state index is 6.00. The molecule has 0 N–H and O–H groups in total. The van der Waals surface area contributed by atoms with Crippen LogP contribution in [0.15, 0.2) is 83.7 Å². The van der Waals surface area contributed by atoms with Crippen molar-refractivity contribution in [3.63, 3.8) is 0 Å². The molecule has 0 radical (unpaired) electrons. The molecule has 2 aromatic heterocycles. The molecule has 0 spiro atoms. The van der Waals surface area contributed by atoms with E-state index in [0.717, 1.165) is 33.5 Å². The van der Waals surface area contributed by atoms with Gasteiger partial charge in [-0.15, -0.1) is 0 Å². The van der Waals surface area contributed by atoms with Crippen molar-refractivity contribution < 1.29 is 4.42 Å². The molecule has 3 aromatic carbocycles. The Kier molecular flexibility index (Phi) is 3.99. The molecule has 142 valence electrons. The van der Waals surface area contributed by atoms with E-state index in [1.165, 1.54) is 16.3 Å². The molecule has 0 amide bonds. The third-order valence-corrected chi connectivity index (χ3v) is 5.38.